The van der Waals surface area contributed by atoms with Crippen LogP contribution in [0.25, 0.3) is 5.76 Å². The molecule has 3 aromatic carbocycles. The first-order valence-electron chi connectivity index (χ1n) is 10.3. The molecule has 1 saturated heterocycles. The summed E-state index contributed by atoms with van der Waals surface area (Å²) in [7, 11) is 0. The van der Waals surface area contributed by atoms with Gasteiger partial charge in [-0.1, -0.05) is 66.2 Å². The number of benzene rings is 3. The Labute approximate surface area is 191 Å². The number of Topliss-reactive ketones (excluding diaryl/α,β-unsaturated/α-hetero) is 1. The Balaban J connectivity index is 1.84. The molecule has 162 valence electrons. The smallest absolute Gasteiger partial charge is 0.295 e. The number of aliphatic hydroxyl groups is 1. The molecule has 1 aliphatic rings. The number of ether oxygens (including phenoxy) is 1. The van der Waals surface area contributed by atoms with Gasteiger partial charge in [0, 0.05) is 17.1 Å². The Kier molecular flexibility index (Phi) is 6.28. The number of carbonyl (C=O) groups excluding carboxylic acids is 2. The van der Waals surface area contributed by atoms with Crippen molar-refractivity contribution in [3.63, 3.8) is 0 Å². The van der Waals surface area contributed by atoms with Crippen molar-refractivity contribution in [2.24, 2.45) is 0 Å². The minimum absolute atomic E-state index is 0.0434. The van der Waals surface area contributed by atoms with Crippen LogP contribution in [0.15, 0.2) is 84.4 Å². The average molecular weight is 448 g/mol. The average Bonchev–Trinajstić information content (AvgIpc) is 3.05. The summed E-state index contributed by atoms with van der Waals surface area (Å²) in [5, 5.41) is 11.7. The van der Waals surface area contributed by atoms with Gasteiger partial charge >= 0.3 is 0 Å². The lowest BCUT2D eigenvalue weighted by molar-refractivity contribution is -0.140. The summed E-state index contributed by atoms with van der Waals surface area (Å²) in [5.41, 5.74) is 2.02. The van der Waals surface area contributed by atoms with Crippen LogP contribution in [-0.4, -0.2) is 28.3 Å². The second-order valence-corrected chi connectivity index (χ2v) is 7.86. The van der Waals surface area contributed by atoms with E-state index in [1.807, 2.05) is 37.3 Å². The monoisotopic (exact) mass is 447 g/mol. The standard InChI is InChI=1S/C26H22ClNO4/c1-2-32-21-10-6-9-19(15-21)24(29)22-23(18-11-13-20(27)14-12-18)28(26(31)25(22)30)16-17-7-4-3-5-8-17/h3-15,23,29H,2,16H2,1H3. The number of likely N-dealkylation sites (tertiary alicyclic amines) is 1. The van der Waals surface area contributed by atoms with Crippen molar-refractivity contribution in [1.82, 2.24) is 4.90 Å². The molecule has 1 fully saturated rings. The number of halogens is 1. The Bertz CT molecular complexity index is 1170. The fourth-order valence-corrected chi connectivity index (χ4v) is 4.00. The van der Waals surface area contributed by atoms with Gasteiger partial charge in [0.1, 0.15) is 11.5 Å². The molecule has 1 atom stereocenters. The van der Waals surface area contributed by atoms with E-state index in [0.29, 0.717) is 28.5 Å². The largest absolute Gasteiger partial charge is 0.507 e. The van der Waals surface area contributed by atoms with Crippen LogP contribution in [0.1, 0.15) is 29.7 Å². The molecule has 1 aliphatic heterocycles. The van der Waals surface area contributed by atoms with E-state index >= 15 is 0 Å². The predicted molar refractivity (Wildman–Crippen MR) is 123 cm³/mol. The number of aliphatic hydroxyl groups excluding tert-OH is 1. The van der Waals surface area contributed by atoms with E-state index in [1.54, 1.807) is 48.5 Å². The summed E-state index contributed by atoms with van der Waals surface area (Å²) < 4.78 is 5.52. The molecular formula is C26H22ClNO4. The van der Waals surface area contributed by atoms with Crippen LogP contribution in [0.4, 0.5) is 0 Å². The first-order valence-corrected chi connectivity index (χ1v) is 10.7. The van der Waals surface area contributed by atoms with E-state index in [1.165, 1.54) is 4.90 Å². The molecule has 1 amide bonds. The highest BCUT2D eigenvalue weighted by atomic mass is 35.5. The Morgan fingerprint density at radius 1 is 1.00 bits per heavy atom. The maximum absolute atomic E-state index is 13.1. The highest BCUT2D eigenvalue weighted by Crippen LogP contribution is 2.40. The minimum Gasteiger partial charge on any atom is -0.507 e. The molecular weight excluding hydrogens is 426 g/mol. The van der Waals surface area contributed by atoms with Gasteiger partial charge in [0.2, 0.25) is 0 Å². The van der Waals surface area contributed by atoms with Crippen LogP contribution < -0.4 is 4.74 Å². The maximum Gasteiger partial charge on any atom is 0.295 e. The van der Waals surface area contributed by atoms with Gasteiger partial charge in [-0.3, -0.25) is 9.59 Å². The molecule has 3 aromatic rings. The van der Waals surface area contributed by atoms with E-state index in [-0.39, 0.29) is 17.9 Å². The van der Waals surface area contributed by atoms with Gasteiger partial charge in [-0.2, -0.15) is 0 Å². The van der Waals surface area contributed by atoms with Crippen molar-refractivity contribution in [2.45, 2.75) is 19.5 Å². The van der Waals surface area contributed by atoms with Crippen LogP contribution in [0.5, 0.6) is 5.75 Å². The Morgan fingerprint density at radius 3 is 2.41 bits per heavy atom. The Hall–Kier alpha value is -3.57. The van der Waals surface area contributed by atoms with Gasteiger partial charge in [0.15, 0.2) is 0 Å². The summed E-state index contributed by atoms with van der Waals surface area (Å²) in [6.07, 6.45) is 0. The van der Waals surface area contributed by atoms with E-state index in [4.69, 9.17) is 16.3 Å². The van der Waals surface area contributed by atoms with Gasteiger partial charge in [0.25, 0.3) is 11.7 Å². The van der Waals surface area contributed by atoms with Crippen LogP contribution in [0.2, 0.25) is 5.02 Å². The third kappa shape index (κ3) is 4.25. The molecule has 0 radical (unpaired) electrons. The van der Waals surface area contributed by atoms with Crippen LogP contribution in [0, 0.1) is 0 Å². The van der Waals surface area contributed by atoms with Crippen molar-refractivity contribution in [1.29, 1.82) is 0 Å². The lowest BCUT2D eigenvalue weighted by Crippen LogP contribution is -2.29. The summed E-state index contributed by atoms with van der Waals surface area (Å²) >= 11 is 6.06. The van der Waals surface area contributed by atoms with Crippen LogP contribution in [-0.2, 0) is 16.1 Å². The molecule has 6 heteroatoms. The summed E-state index contributed by atoms with van der Waals surface area (Å²) in [6.45, 7) is 2.56. The molecule has 1 unspecified atom stereocenters. The number of carbonyl (C=O) groups is 2. The fourth-order valence-electron chi connectivity index (χ4n) is 3.87. The molecule has 5 nitrogen and oxygen atoms in total. The van der Waals surface area contributed by atoms with Crippen molar-refractivity contribution in [3.05, 3.63) is 106 Å². The number of rotatable bonds is 6. The lowest BCUT2D eigenvalue weighted by Gasteiger charge is -2.25. The lowest BCUT2D eigenvalue weighted by atomic mass is 9.95. The SMILES string of the molecule is CCOc1cccc(C(O)=C2C(=O)C(=O)N(Cc3ccccc3)C2c2ccc(Cl)cc2)c1. The van der Waals surface area contributed by atoms with E-state index < -0.39 is 17.7 Å². The zero-order chi connectivity index (χ0) is 22.7. The first-order chi connectivity index (χ1) is 15.5. The van der Waals surface area contributed by atoms with Crippen molar-refractivity contribution in [2.75, 3.05) is 6.61 Å². The summed E-state index contributed by atoms with van der Waals surface area (Å²) in [5.74, 6) is -1.05. The molecule has 1 N–H and O–H groups in total. The summed E-state index contributed by atoms with van der Waals surface area (Å²) in [4.78, 5) is 27.7. The van der Waals surface area contributed by atoms with Crippen LogP contribution >= 0.6 is 11.6 Å². The van der Waals surface area contributed by atoms with Gasteiger partial charge in [-0.05, 0) is 42.3 Å². The molecule has 0 bridgehead atoms. The van der Waals surface area contributed by atoms with Crippen molar-refractivity contribution < 1.29 is 19.4 Å². The number of hydrogen-bond acceptors (Lipinski definition) is 4. The zero-order valence-corrected chi connectivity index (χ0v) is 18.3. The second kappa shape index (κ2) is 9.28. The highest BCUT2D eigenvalue weighted by Gasteiger charge is 2.46. The van der Waals surface area contributed by atoms with Crippen LogP contribution in [0.3, 0.4) is 0 Å². The molecule has 0 spiro atoms. The third-order valence-corrected chi connectivity index (χ3v) is 5.59. The summed E-state index contributed by atoms with van der Waals surface area (Å²) in [6, 6.07) is 22.5. The van der Waals surface area contributed by atoms with Gasteiger partial charge in [-0.15, -0.1) is 0 Å². The molecule has 32 heavy (non-hydrogen) atoms. The quantitative estimate of drug-likeness (QED) is 0.314. The zero-order valence-electron chi connectivity index (χ0n) is 17.5. The molecule has 0 aromatic heterocycles. The van der Waals surface area contributed by atoms with Gasteiger partial charge < -0.3 is 14.7 Å². The topological polar surface area (TPSA) is 66.8 Å². The fraction of sp³-hybridized carbons (Fsp3) is 0.154. The maximum atomic E-state index is 13.1. The molecule has 0 aliphatic carbocycles. The predicted octanol–water partition coefficient (Wildman–Crippen LogP) is 5.36. The van der Waals surface area contributed by atoms with Crippen molar-refractivity contribution >= 4 is 29.1 Å². The normalized spacial score (nSPS) is 17.6. The second-order valence-electron chi connectivity index (χ2n) is 7.42. The molecule has 4 rings (SSSR count). The van der Waals surface area contributed by atoms with Gasteiger partial charge in [0.05, 0.1) is 18.2 Å². The number of ketones is 1. The minimum atomic E-state index is -0.747. The van der Waals surface area contributed by atoms with E-state index in [2.05, 4.69) is 0 Å². The van der Waals surface area contributed by atoms with E-state index in [0.717, 1.165) is 5.56 Å². The molecule has 0 saturated carbocycles. The number of nitrogens with zero attached hydrogens (tertiary/aromatic N) is 1. The van der Waals surface area contributed by atoms with Crippen molar-refractivity contribution in [3.8, 4) is 5.75 Å². The number of hydrogen-bond donors (Lipinski definition) is 1. The third-order valence-electron chi connectivity index (χ3n) is 5.34. The van der Waals surface area contributed by atoms with E-state index in [9.17, 15) is 14.7 Å². The Morgan fingerprint density at radius 2 is 1.72 bits per heavy atom. The highest BCUT2D eigenvalue weighted by molar-refractivity contribution is 6.46. The molecule has 1 heterocycles. The van der Waals surface area contributed by atoms with Gasteiger partial charge in [-0.25, -0.2) is 0 Å². The first kappa shape index (κ1) is 21.7. The number of amides is 1.